The summed E-state index contributed by atoms with van der Waals surface area (Å²) in [5, 5.41) is 0. The molecule has 1 aliphatic heterocycles. The molecule has 2 aliphatic rings. The molecule has 2 rings (SSSR count). The van der Waals surface area contributed by atoms with Crippen LogP contribution in [0.15, 0.2) is 0 Å². The van der Waals surface area contributed by atoms with Gasteiger partial charge in [-0.1, -0.05) is 13.8 Å². The fourth-order valence-electron chi connectivity index (χ4n) is 3.52. The number of likely N-dealkylation sites (tertiary alicyclic amines) is 1. The van der Waals surface area contributed by atoms with Crippen LogP contribution in [0.4, 0.5) is 0 Å². The molecule has 2 fully saturated rings. The van der Waals surface area contributed by atoms with Crippen LogP contribution in [0.1, 0.15) is 40.0 Å². The van der Waals surface area contributed by atoms with Gasteiger partial charge in [0.25, 0.3) is 0 Å². The van der Waals surface area contributed by atoms with Crippen molar-refractivity contribution in [2.24, 2.45) is 11.1 Å². The lowest BCUT2D eigenvalue weighted by Crippen LogP contribution is -2.74. The predicted molar refractivity (Wildman–Crippen MR) is 77.2 cm³/mol. The summed E-state index contributed by atoms with van der Waals surface area (Å²) in [7, 11) is 1.81. The van der Waals surface area contributed by atoms with E-state index in [9.17, 15) is 0 Å². The zero-order valence-corrected chi connectivity index (χ0v) is 12.9. The molecule has 0 spiro atoms. The van der Waals surface area contributed by atoms with Crippen molar-refractivity contribution < 1.29 is 9.47 Å². The van der Waals surface area contributed by atoms with Gasteiger partial charge in [-0.3, -0.25) is 4.90 Å². The van der Waals surface area contributed by atoms with Crippen LogP contribution in [0.5, 0.6) is 0 Å². The Kier molecular flexibility index (Phi) is 4.56. The van der Waals surface area contributed by atoms with Crippen molar-refractivity contribution in [2.45, 2.75) is 57.8 Å². The van der Waals surface area contributed by atoms with Crippen LogP contribution in [0.25, 0.3) is 0 Å². The van der Waals surface area contributed by atoms with Crippen LogP contribution in [0.2, 0.25) is 0 Å². The number of ether oxygens (including phenoxy) is 2. The second-order valence-corrected chi connectivity index (χ2v) is 6.76. The molecular weight excluding hydrogens is 240 g/mol. The minimum absolute atomic E-state index is 0.0586. The molecule has 1 saturated heterocycles. The largest absolute Gasteiger partial charge is 0.380 e. The number of piperidine rings is 1. The lowest BCUT2D eigenvalue weighted by molar-refractivity contribution is -0.159. The highest BCUT2D eigenvalue weighted by Gasteiger charge is 2.58. The summed E-state index contributed by atoms with van der Waals surface area (Å²) in [6.45, 7) is 10.5. The van der Waals surface area contributed by atoms with Gasteiger partial charge in [0.15, 0.2) is 0 Å². The van der Waals surface area contributed by atoms with Crippen LogP contribution in [0, 0.1) is 5.41 Å². The number of nitrogens with zero attached hydrogens (tertiary/aromatic N) is 1. The van der Waals surface area contributed by atoms with E-state index in [1.54, 1.807) is 0 Å². The molecule has 0 aromatic rings. The molecule has 0 amide bonds. The van der Waals surface area contributed by atoms with Gasteiger partial charge in [-0.15, -0.1) is 0 Å². The molecule has 1 heterocycles. The SMILES string of the molecule is CCOC1CC(N)(CN2CCCC(OC)C2)C1(C)C. The normalized spacial score (nSPS) is 39.0. The zero-order chi connectivity index (χ0) is 14.1. The van der Waals surface area contributed by atoms with Gasteiger partial charge in [-0.2, -0.15) is 0 Å². The third-order valence-electron chi connectivity index (χ3n) is 5.31. The number of rotatable bonds is 5. The lowest BCUT2D eigenvalue weighted by atomic mass is 9.54. The van der Waals surface area contributed by atoms with E-state index in [2.05, 4.69) is 25.7 Å². The number of methoxy groups -OCH3 is 1. The Labute approximate surface area is 117 Å². The molecule has 0 bridgehead atoms. The van der Waals surface area contributed by atoms with Gasteiger partial charge in [0.05, 0.1) is 12.2 Å². The number of nitrogens with two attached hydrogens (primary N) is 1. The molecular formula is C15H30N2O2. The molecule has 0 aromatic carbocycles. The fraction of sp³-hybridized carbons (Fsp3) is 1.00. The summed E-state index contributed by atoms with van der Waals surface area (Å²) in [5.41, 5.74) is 6.59. The molecule has 0 aromatic heterocycles. The van der Waals surface area contributed by atoms with Crippen molar-refractivity contribution in [3.8, 4) is 0 Å². The first-order chi connectivity index (χ1) is 8.93. The van der Waals surface area contributed by atoms with E-state index in [1.165, 1.54) is 12.8 Å². The Morgan fingerprint density at radius 2 is 2.11 bits per heavy atom. The molecule has 4 nitrogen and oxygen atoms in total. The van der Waals surface area contributed by atoms with E-state index < -0.39 is 0 Å². The molecule has 19 heavy (non-hydrogen) atoms. The van der Waals surface area contributed by atoms with Gasteiger partial charge in [-0.05, 0) is 32.7 Å². The fourth-order valence-corrected chi connectivity index (χ4v) is 3.52. The summed E-state index contributed by atoms with van der Waals surface area (Å²) >= 11 is 0. The molecule has 2 N–H and O–H groups in total. The smallest absolute Gasteiger partial charge is 0.0698 e. The summed E-state index contributed by atoms with van der Waals surface area (Å²) in [4.78, 5) is 2.47. The molecule has 1 saturated carbocycles. The van der Waals surface area contributed by atoms with E-state index in [-0.39, 0.29) is 11.0 Å². The Bertz CT molecular complexity index is 309. The molecule has 3 atom stereocenters. The Hall–Kier alpha value is -0.160. The number of hydrogen-bond donors (Lipinski definition) is 1. The van der Waals surface area contributed by atoms with Crippen LogP contribution >= 0.6 is 0 Å². The highest BCUT2D eigenvalue weighted by molar-refractivity contribution is 5.15. The average molecular weight is 270 g/mol. The van der Waals surface area contributed by atoms with Gasteiger partial charge in [0.1, 0.15) is 0 Å². The third-order valence-corrected chi connectivity index (χ3v) is 5.31. The van der Waals surface area contributed by atoms with Gasteiger partial charge in [0, 0.05) is 37.8 Å². The van der Waals surface area contributed by atoms with E-state index in [0.717, 1.165) is 32.7 Å². The summed E-state index contributed by atoms with van der Waals surface area (Å²) in [6.07, 6.45) is 4.05. The van der Waals surface area contributed by atoms with Gasteiger partial charge in [0.2, 0.25) is 0 Å². The third kappa shape index (κ3) is 2.82. The maximum absolute atomic E-state index is 6.66. The van der Waals surface area contributed by atoms with Crippen LogP contribution < -0.4 is 5.73 Å². The van der Waals surface area contributed by atoms with Crippen LogP contribution in [0.3, 0.4) is 0 Å². The standard InChI is InChI=1S/C15H30N2O2/c1-5-19-13-9-15(16,14(13,2)3)11-17-8-6-7-12(10-17)18-4/h12-13H,5-11,16H2,1-4H3. The monoisotopic (exact) mass is 270 g/mol. The lowest BCUT2D eigenvalue weighted by Gasteiger charge is -2.60. The predicted octanol–water partition coefficient (Wildman–Crippen LogP) is 1.63. The Balaban J connectivity index is 1.92. The second-order valence-electron chi connectivity index (χ2n) is 6.76. The molecule has 4 heteroatoms. The van der Waals surface area contributed by atoms with Crippen molar-refractivity contribution >= 4 is 0 Å². The van der Waals surface area contributed by atoms with Crippen LogP contribution in [-0.4, -0.2) is 56.0 Å². The highest BCUT2D eigenvalue weighted by Crippen LogP contribution is 2.50. The molecule has 1 aliphatic carbocycles. The van der Waals surface area contributed by atoms with E-state index >= 15 is 0 Å². The van der Waals surface area contributed by atoms with E-state index in [0.29, 0.717) is 12.2 Å². The molecule has 112 valence electrons. The minimum Gasteiger partial charge on any atom is -0.380 e. The van der Waals surface area contributed by atoms with Crippen molar-refractivity contribution in [1.82, 2.24) is 4.90 Å². The Morgan fingerprint density at radius 1 is 1.37 bits per heavy atom. The van der Waals surface area contributed by atoms with Crippen molar-refractivity contribution in [1.29, 1.82) is 0 Å². The molecule has 0 radical (unpaired) electrons. The minimum atomic E-state index is -0.123. The number of hydrogen-bond acceptors (Lipinski definition) is 4. The van der Waals surface area contributed by atoms with E-state index in [4.69, 9.17) is 15.2 Å². The quantitative estimate of drug-likeness (QED) is 0.825. The van der Waals surface area contributed by atoms with Crippen molar-refractivity contribution in [3.63, 3.8) is 0 Å². The zero-order valence-electron chi connectivity index (χ0n) is 12.9. The van der Waals surface area contributed by atoms with Crippen molar-refractivity contribution in [3.05, 3.63) is 0 Å². The molecule has 3 unspecified atom stereocenters. The topological polar surface area (TPSA) is 47.7 Å². The second kappa shape index (κ2) is 5.68. The summed E-state index contributed by atoms with van der Waals surface area (Å²) < 4.78 is 11.3. The first-order valence-electron chi connectivity index (χ1n) is 7.58. The maximum atomic E-state index is 6.66. The highest BCUT2D eigenvalue weighted by atomic mass is 16.5. The first-order valence-corrected chi connectivity index (χ1v) is 7.58. The van der Waals surface area contributed by atoms with E-state index in [1.807, 2.05) is 7.11 Å². The summed E-state index contributed by atoms with van der Waals surface area (Å²) in [6, 6.07) is 0. The van der Waals surface area contributed by atoms with Gasteiger partial charge in [-0.25, -0.2) is 0 Å². The average Bonchev–Trinajstić information content (AvgIpc) is 2.38. The first kappa shape index (κ1) is 15.2. The van der Waals surface area contributed by atoms with Gasteiger partial charge < -0.3 is 15.2 Å². The van der Waals surface area contributed by atoms with Crippen molar-refractivity contribution in [2.75, 3.05) is 33.4 Å². The Morgan fingerprint density at radius 3 is 2.68 bits per heavy atom. The maximum Gasteiger partial charge on any atom is 0.0698 e. The van der Waals surface area contributed by atoms with Gasteiger partial charge >= 0.3 is 0 Å². The van der Waals surface area contributed by atoms with Crippen LogP contribution in [-0.2, 0) is 9.47 Å². The summed E-state index contributed by atoms with van der Waals surface area (Å²) in [5.74, 6) is 0.